The lowest BCUT2D eigenvalue weighted by atomic mass is 10.2. The quantitative estimate of drug-likeness (QED) is 0.855. The minimum atomic E-state index is -0.169. The van der Waals surface area contributed by atoms with E-state index in [-0.39, 0.29) is 24.9 Å². The number of amides is 1. The van der Waals surface area contributed by atoms with Crippen LogP contribution in [0.2, 0.25) is 0 Å². The van der Waals surface area contributed by atoms with Gasteiger partial charge in [-0.3, -0.25) is 4.79 Å². The van der Waals surface area contributed by atoms with Gasteiger partial charge < -0.3 is 20.5 Å². The highest BCUT2D eigenvalue weighted by molar-refractivity contribution is 5.85. The molecule has 0 unspecified atom stereocenters. The summed E-state index contributed by atoms with van der Waals surface area (Å²) in [6, 6.07) is 5.66. The van der Waals surface area contributed by atoms with Crippen molar-refractivity contribution in [3.05, 3.63) is 23.8 Å². The van der Waals surface area contributed by atoms with Crippen molar-refractivity contribution < 1.29 is 14.3 Å². The molecular formula is C12H17ClN2O3. The number of benzene rings is 1. The first kappa shape index (κ1) is 14.6. The maximum atomic E-state index is 11.0. The Bertz CT molecular complexity index is 412. The summed E-state index contributed by atoms with van der Waals surface area (Å²) in [7, 11) is 0. The predicted molar refractivity (Wildman–Crippen MR) is 70.2 cm³/mol. The second-order valence-corrected chi connectivity index (χ2v) is 3.81. The Morgan fingerprint density at radius 3 is 2.72 bits per heavy atom. The molecule has 1 aromatic carbocycles. The highest BCUT2D eigenvalue weighted by Gasteiger charge is 2.10. The number of nitrogens with two attached hydrogens (primary N) is 1. The van der Waals surface area contributed by atoms with E-state index in [2.05, 4.69) is 5.32 Å². The number of hydrogen-bond acceptors (Lipinski definition) is 4. The summed E-state index contributed by atoms with van der Waals surface area (Å²) in [6.45, 7) is 1.79. The Labute approximate surface area is 112 Å². The highest BCUT2D eigenvalue weighted by Crippen LogP contribution is 2.30. The van der Waals surface area contributed by atoms with Gasteiger partial charge in [0.05, 0.1) is 19.8 Å². The van der Waals surface area contributed by atoms with Crippen LogP contribution < -0.4 is 20.5 Å². The molecule has 0 fully saturated rings. The number of halogens is 1. The first-order valence-electron chi connectivity index (χ1n) is 5.65. The van der Waals surface area contributed by atoms with Crippen LogP contribution in [0, 0.1) is 0 Å². The van der Waals surface area contributed by atoms with E-state index >= 15 is 0 Å². The van der Waals surface area contributed by atoms with Crippen molar-refractivity contribution in [2.75, 3.05) is 19.8 Å². The largest absolute Gasteiger partial charge is 0.490 e. The average Bonchev–Trinajstić information content (AvgIpc) is 2.60. The Morgan fingerprint density at radius 2 is 2.00 bits per heavy atom. The summed E-state index contributed by atoms with van der Waals surface area (Å²) in [5.41, 5.74) is 6.18. The van der Waals surface area contributed by atoms with E-state index in [1.54, 1.807) is 0 Å². The number of hydrogen-bond donors (Lipinski definition) is 2. The molecule has 5 nitrogen and oxygen atoms in total. The fraction of sp³-hybridized carbons (Fsp3) is 0.417. The molecule has 0 radical (unpaired) electrons. The summed E-state index contributed by atoms with van der Waals surface area (Å²) in [4.78, 5) is 11.0. The molecule has 0 saturated carbocycles. The van der Waals surface area contributed by atoms with Crippen molar-refractivity contribution in [2.45, 2.75) is 13.0 Å². The summed E-state index contributed by atoms with van der Waals surface area (Å²) < 4.78 is 11.1. The molecule has 2 rings (SSSR count). The summed E-state index contributed by atoms with van der Waals surface area (Å²) in [5, 5.41) is 2.71. The fourth-order valence-electron chi connectivity index (χ4n) is 1.59. The molecule has 0 bridgehead atoms. The van der Waals surface area contributed by atoms with Gasteiger partial charge >= 0.3 is 0 Å². The van der Waals surface area contributed by atoms with Crippen LogP contribution in [0.5, 0.6) is 11.5 Å². The van der Waals surface area contributed by atoms with Gasteiger partial charge in [-0.15, -0.1) is 12.4 Å². The molecule has 0 spiro atoms. The molecule has 1 aliphatic rings. The first-order chi connectivity index (χ1) is 8.29. The van der Waals surface area contributed by atoms with Crippen molar-refractivity contribution >= 4 is 18.3 Å². The SMILES string of the molecule is Cl.NCC(=O)NCc1ccc2c(c1)OCCCO2. The third-order valence-corrected chi connectivity index (χ3v) is 2.49. The number of ether oxygens (including phenoxy) is 2. The minimum absolute atomic E-state index is 0. The zero-order chi connectivity index (χ0) is 12.1. The Kier molecular flexibility index (Phi) is 5.74. The van der Waals surface area contributed by atoms with E-state index in [0.29, 0.717) is 19.8 Å². The molecule has 18 heavy (non-hydrogen) atoms. The molecular weight excluding hydrogens is 256 g/mol. The third-order valence-electron chi connectivity index (χ3n) is 2.49. The summed E-state index contributed by atoms with van der Waals surface area (Å²) in [5.74, 6) is 1.33. The van der Waals surface area contributed by atoms with Crippen molar-refractivity contribution in [1.29, 1.82) is 0 Å². The van der Waals surface area contributed by atoms with Gasteiger partial charge in [-0.1, -0.05) is 6.07 Å². The number of carbonyl (C=O) groups excluding carboxylic acids is 1. The molecule has 6 heteroatoms. The van der Waals surface area contributed by atoms with Crippen LogP contribution in [0.15, 0.2) is 18.2 Å². The highest BCUT2D eigenvalue weighted by atomic mass is 35.5. The van der Waals surface area contributed by atoms with E-state index in [0.717, 1.165) is 23.5 Å². The maximum Gasteiger partial charge on any atom is 0.234 e. The van der Waals surface area contributed by atoms with Crippen LogP contribution in [0.4, 0.5) is 0 Å². The lowest BCUT2D eigenvalue weighted by Gasteiger charge is -2.09. The second-order valence-electron chi connectivity index (χ2n) is 3.81. The molecule has 0 aromatic heterocycles. The van der Waals surface area contributed by atoms with Gasteiger partial charge in [0.25, 0.3) is 0 Å². The third kappa shape index (κ3) is 3.78. The van der Waals surface area contributed by atoms with Crippen LogP contribution >= 0.6 is 12.4 Å². The lowest BCUT2D eigenvalue weighted by Crippen LogP contribution is -2.29. The molecule has 1 amide bonds. The Hall–Kier alpha value is -1.46. The fourth-order valence-corrected chi connectivity index (χ4v) is 1.59. The van der Waals surface area contributed by atoms with Crippen molar-refractivity contribution in [3.63, 3.8) is 0 Å². The number of rotatable bonds is 3. The summed E-state index contributed by atoms with van der Waals surface area (Å²) >= 11 is 0. The lowest BCUT2D eigenvalue weighted by molar-refractivity contribution is -0.119. The number of nitrogens with one attached hydrogen (secondary N) is 1. The predicted octanol–water partition coefficient (Wildman–Crippen LogP) is 0.845. The summed E-state index contributed by atoms with van der Waals surface area (Å²) in [6.07, 6.45) is 0.883. The number of carbonyl (C=O) groups is 1. The van der Waals surface area contributed by atoms with Crippen molar-refractivity contribution in [2.24, 2.45) is 5.73 Å². The van der Waals surface area contributed by atoms with E-state index in [9.17, 15) is 4.79 Å². The van der Waals surface area contributed by atoms with Crippen molar-refractivity contribution in [3.8, 4) is 11.5 Å². The molecule has 0 saturated heterocycles. The van der Waals surface area contributed by atoms with Gasteiger partial charge in [-0.05, 0) is 17.7 Å². The van der Waals surface area contributed by atoms with Crippen LogP contribution in [-0.4, -0.2) is 25.7 Å². The molecule has 1 aromatic rings. The van der Waals surface area contributed by atoms with Crippen molar-refractivity contribution in [1.82, 2.24) is 5.32 Å². The van der Waals surface area contributed by atoms with Crippen LogP contribution in [-0.2, 0) is 11.3 Å². The molecule has 0 aliphatic carbocycles. The number of fused-ring (bicyclic) bond motifs is 1. The topological polar surface area (TPSA) is 73.6 Å². The monoisotopic (exact) mass is 272 g/mol. The van der Waals surface area contributed by atoms with E-state index in [1.165, 1.54) is 0 Å². The average molecular weight is 273 g/mol. The van der Waals surface area contributed by atoms with Gasteiger partial charge in [0.15, 0.2) is 11.5 Å². The first-order valence-corrected chi connectivity index (χ1v) is 5.65. The van der Waals surface area contributed by atoms with Gasteiger partial charge in [0, 0.05) is 13.0 Å². The smallest absolute Gasteiger partial charge is 0.234 e. The van der Waals surface area contributed by atoms with E-state index < -0.39 is 0 Å². The van der Waals surface area contributed by atoms with E-state index in [4.69, 9.17) is 15.2 Å². The van der Waals surface area contributed by atoms with Gasteiger partial charge in [-0.2, -0.15) is 0 Å². The second kappa shape index (κ2) is 7.08. The Morgan fingerprint density at radius 1 is 1.28 bits per heavy atom. The molecule has 0 atom stereocenters. The standard InChI is InChI=1S/C12H16N2O3.ClH/c13-7-12(15)14-8-9-2-3-10-11(6-9)17-5-1-4-16-10;/h2-3,6H,1,4-5,7-8,13H2,(H,14,15);1H. The zero-order valence-corrected chi connectivity index (χ0v) is 10.8. The zero-order valence-electron chi connectivity index (χ0n) is 9.98. The molecule has 3 N–H and O–H groups in total. The van der Waals surface area contributed by atoms with Crippen LogP contribution in [0.1, 0.15) is 12.0 Å². The normalized spacial score (nSPS) is 13.2. The van der Waals surface area contributed by atoms with E-state index in [1.807, 2.05) is 18.2 Å². The van der Waals surface area contributed by atoms with Gasteiger partial charge in [0.1, 0.15) is 0 Å². The molecule has 1 aliphatic heterocycles. The molecule has 1 heterocycles. The minimum Gasteiger partial charge on any atom is -0.490 e. The Balaban J connectivity index is 0.00000162. The van der Waals surface area contributed by atoms with Crippen LogP contribution in [0.3, 0.4) is 0 Å². The molecule has 100 valence electrons. The van der Waals surface area contributed by atoms with Gasteiger partial charge in [-0.25, -0.2) is 0 Å². The maximum absolute atomic E-state index is 11.0. The van der Waals surface area contributed by atoms with Gasteiger partial charge in [0.2, 0.25) is 5.91 Å². The van der Waals surface area contributed by atoms with Crippen LogP contribution in [0.25, 0.3) is 0 Å².